The van der Waals surface area contributed by atoms with E-state index in [0.29, 0.717) is 22.5 Å². The SMILES string of the molecule is COc1cccc2oc(-c3ccc(N)cc3F)nc12. The number of anilines is 1. The average Bonchev–Trinajstić information content (AvgIpc) is 2.81. The first-order chi connectivity index (χ1) is 9.19. The van der Waals surface area contributed by atoms with Gasteiger partial charge in [0.1, 0.15) is 11.6 Å². The summed E-state index contributed by atoms with van der Waals surface area (Å²) < 4.78 is 24.6. The molecule has 0 aliphatic heterocycles. The smallest absolute Gasteiger partial charge is 0.230 e. The van der Waals surface area contributed by atoms with Gasteiger partial charge >= 0.3 is 0 Å². The van der Waals surface area contributed by atoms with E-state index in [1.165, 1.54) is 6.07 Å². The van der Waals surface area contributed by atoms with E-state index in [0.717, 1.165) is 0 Å². The van der Waals surface area contributed by atoms with Crippen molar-refractivity contribution in [2.75, 3.05) is 12.8 Å². The van der Waals surface area contributed by atoms with E-state index in [1.54, 1.807) is 37.4 Å². The Hall–Kier alpha value is -2.56. The first-order valence-corrected chi connectivity index (χ1v) is 5.68. The molecule has 1 heterocycles. The lowest BCUT2D eigenvalue weighted by atomic mass is 10.2. The van der Waals surface area contributed by atoms with Crippen LogP contribution in [-0.4, -0.2) is 12.1 Å². The zero-order valence-corrected chi connectivity index (χ0v) is 10.2. The molecule has 0 amide bonds. The number of benzene rings is 2. The molecular weight excluding hydrogens is 247 g/mol. The Bertz CT molecular complexity index is 752. The summed E-state index contributed by atoms with van der Waals surface area (Å²) in [6.45, 7) is 0. The van der Waals surface area contributed by atoms with Crippen LogP contribution < -0.4 is 10.5 Å². The van der Waals surface area contributed by atoms with E-state index in [-0.39, 0.29) is 11.5 Å². The fraction of sp³-hybridized carbons (Fsp3) is 0.0714. The standard InChI is InChI=1S/C14H11FN2O2/c1-18-11-3-2-4-12-13(11)17-14(19-12)9-6-5-8(16)7-10(9)15/h2-7H,16H2,1H3. The number of nitrogens with two attached hydrogens (primary N) is 1. The lowest BCUT2D eigenvalue weighted by Gasteiger charge is -1.98. The van der Waals surface area contributed by atoms with Gasteiger partial charge in [0.2, 0.25) is 5.89 Å². The number of halogens is 1. The number of para-hydroxylation sites is 1. The molecule has 0 unspecified atom stereocenters. The number of fused-ring (bicyclic) bond motifs is 1. The van der Waals surface area contributed by atoms with Gasteiger partial charge in [0.05, 0.1) is 12.7 Å². The summed E-state index contributed by atoms with van der Waals surface area (Å²) in [5, 5.41) is 0. The molecule has 0 saturated heterocycles. The van der Waals surface area contributed by atoms with Crippen molar-refractivity contribution in [3.8, 4) is 17.2 Å². The zero-order valence-electron chi connectivity index (χ0n) is 10.2. The molecule has 0 radical (unpaired) electrons. The molecule has 3 rings (SSSR count). The number of hydrogen-bond donors (Lipinski definition) is 1. The summed E-state index contributed by atoms with van der Waals surface area (Å²) in [6.07, 6.45) is 0. The van der Waals surface area contributed by atoms with Crippen LogP contribution in [0.1, 0.15) is 0 Å². The summed E-state index contributed by atoms with van der Waals surface area (Å²) in [5.74, 6) is 0.325. The molecule has 96 valence electrons. The van der Waals surface area contributed by atoms with Gasteiger partial charge in [-0.25, -0.2) is 9.37 Å². The number of hydrogen-bond acceptors (Lipinski definition) is 4. The highest BCUT2D eigenvalue weighted by Gasteiger charge is 2.15. The monoisotopic (exact) mass is 258 g/mol. The van der Waals surface area contributed by atoms with E-state index in [2.05, 4.69) is 4.98 Å². The lowest BCUT2D eigenvalue weighted by Crippen LogP contribution is -1.89. The van der Waals surface area contributed by atoms with Crippen LogP contribution in [0.25, 0.3) is 22.6 Å². The van der Waals surface area contributed by atoms with Crippen molar-refractivity contribution in [1.82, 2.24) is 4.98 Å². The predicted molar refractivity (Wildman–Crippen MR) is 70.4 cm³/mol. The molecule has 0 bridgehead atoms. The second-order valence-electron chi connectivity index (χ2n) is 4.07. The van der Waals surface area contributed by atoms with Crippen molar-refractivity contribution < 1.29 is 13.5 Å². The Kier molecular flexibility index (Phi) is 2.59. The molecule has 0 fully saturated rings. The number of nitrogen functional groups attached to an aromatic ring is 1. The molecule has 3 aromatic rings. The minimum absolute atomic E-state index is 0.206. The van der Waals surface area contributed by atoms with E-state index in [1.807, 2.05) is 0 Å². The van der Waals surface area contributed by atoms with Crippen LogP contribution in [0.15, 0.2) is 40.8 Å². The molecule has 1 aromatic heterocycles. The number of nitrogens with zero attached hydrogens (tertiary/aromatic N) is 1. The molecule has 0 saturated carbocycles. The van der Waals surface area contributed by atoms with E-state index in [4.69, 9.17) is 14.9 Å². The van der Waals surface area contributed by atoms with Crippen molar-refractivity contribution in [2.45, 2.75) is 0 Å². The molecular formula is C14H11FN2O2. The maximum Gasteiger partial charge on any atom is 0.230 e. The van der Waals surface area contributed by atoms with Gasteiger partial charge in [-0.15, -0.1) is 0 Å². The fourth-order valence-electron chi connectivity index (χ4n) is 1.91. The largest absolute Gasteiger partial charge is 0.494 e. The topological polar surface area (TPSA) is 61.3 Å². The van der Waals surface area contributed by atoms with Crippen molar-refractivity contribution in [1.29, 1.82) is 0 Å². The molecule has 4 nitrogen and oxygen atoms in total. The van der Waals surface area contributed by atoms with Gasteiger partial charge in [0.15, 0.2) is 11.1 Å². The van der Waals surface area contributed by atoms with Crippen LogP contribution in [-0.2, 0) is 0 Å². The fourth-order valence-corrected chi connectivity index (χ4v) is 1.91. The van der Waals surface area contributed by atoms with Gasteiger partial charge in [-0.05, 0) is 30.3 Å². The molecule has 19 heavy (non-hydrogen) atoms. The first-order valence-electron chi connectivity index (χ1n) is 5.68. The highest BCUT2D eigenvalue weighted by Crippen LogP contribution is 2.31. The minimum Gasteiger partial charge on any atom is -0.494 e. The van der Waals surface area contributed by atoms with Gasteiger partial charge in [-0.1, -0.05) is 6.07 Å². The molecule has 5 heteroatoms. The number of ether oxygens (including phenoxy) is 1. The molecule has 0 aliphatic carbocycles. The Morgan fingerprint density at radius 3 is 2.84 bits per heavy atom. The van der Waals surface area contributed by atoms with Crippen molar-refractivity contribution in [3.05, 3.63) is 42.2 Å². The van der Waals surface area contributed by atoms with Crippen LogP contribution in [0.3, 0.4) is 0 Å². The third kappa shape index (κ3) is 1.89. The van der Waals surface area contributed by atoms with Crippen molar-refractivity contribution in [3.63, 3.8) is 0 Å². The highest BCUT2D eigenvalue weighted by molar-refractivity contribution is 5.82. The molecule has 0 aliphatic rings. The van der Waals surface area contributed by atoms with Gasteiger partial charge in [-0.3, -0.25) is 0 Å². The highest BCUT2D eigenvalue weighted by atomic mass is 19.1. The Morgan fingerprint density at radius 2 is 2.11 bits per heavy atom. The second kappa shape index (κ2) is 4.28. The Morgan fingerprint density at radius 1 is 1.26 bits per heavy atom. The van der Waals surface area contributed by atoms with Crippen LogP contribution >= 0.6 is 0 Å². The summed E-state index contributed by atoms with van der Waals surface area (Å²) >= 11 is 0. The summed E-state index contributed by atoms with van der Waals surface area (Å²) in [4.78, 5) is 4.27. The number of oxazole rings is 1. The summed E-state index contributed by atoms with van der Waals surface area (Å²) in [5.41, 5.74) is 7.26. The molecule has 2 N–H and O–H groups in total. The predicted octanol–water partition coefficient (Wildman–Crippen LogP) is 3.22. The normalized spacial score (nSPS) is 10.8. The zero-order chi connectivity index (χ0) is 13.4. The van der Waals surface area contributed by atoms with E-state index >= 15 is 0 Å². The lowest BCUT2D eigenvalue weighted by molar-refractivity contribution is 0.419. The summed E-state index contributed by atoms with van der Waals surface area (Å²) in [7, 11) is 1.55. The van der Waals surface area contributed by atoms with E-state index in [9.17, 15) is 4.39 Å². The maximum absolute atomic E-state index is 13.8. The van der Waals surface area contributed by atoms with Gasteiger partial charge in [-0.2, -0.15) is 0 Å². The van der Waals surface area contributed by atoms with Gasteiger partial charge < -0.3 is 14.9 Å². The Balaban J connectivity index is 2.20. The average molecular weight is 258 g/mol. The number of aromatic nitrogens is 1. The van der Waals surface area contributed by atoms with Gasteiger partial charge in [0, 0.05) is 5.69 Å². The van der Waals surface area contributed by atoms with Gasteiger partial charge in [0.25, 0.3) is 0 Å². The van der Waals surface area contributed by atoms with E-state index < -0.39 is 5.82 Å². The second-order valence-corrected chi connectivity index (χ2v) is 4.07. The van der Waals surface area contributed by atoms with Crippen LogP contribution in [0.4, 0.5) is 10.1 Å². The maximum atomic E-state index is 13.8. The number of methoxy groups -OCH3 is 1. The molecule has 2 aromatic carbocycles. The third-order valence-corrected chi connectivity index (χ3v) is 2.83. The van der Waals surface area contributed by atoms with Crippen LogP contribution in [0.5, 0.6) is 5.75 Å². The van der Waals surface area contributed by atoms with Crippen molar-refractivity contribution >= 4 is 16.8 Å². The van der Waals surface area contributed by atoms with Crippen molar-refractivity contribution in [2.24, 2.45) is 0 Å². The molecule has 0 atom stereocenters. The number of rotatable bonds is 2. The first kappa shape index (κ1) is 11.5. The quantitative estimate of drug-likeness (QED) is 0.717. The minimum atomic E-state index is -0.467. The Labute approximate surface area is 108 Å². The third-order valence-electron chi connectivity index (χ3n) is 2.83. The van der Waals surface area contributed by atoms with Crippen LogP contribution in [0, 0.1) is 5.82 Å². The molecule has 0 spiro atoms. The summed E-state index contributed by atoms with van der Waals surface area (Å²) in [6, 6.07) is 9.70. The van der Waals surface area contributed by atoms with Crippen LogP contribution in [0.2, 0.25) is 0 Å².